The van der Waals surface area contributed by atoms with E-state index < -0.39 is 53.8 Å². The van der Waals surface area contributed by atoms with Crippen LogP contribution in [0.2, 0.25) is 0 Å². The van der Waals surface area contributed by atoms with Crippen molar-refractivity contribution in [2.75, 3.05) is 12.3 Å². The molecule has 0 spiro atoms. The van der Waals surface area contributed by atoms with Crippen LogP contribution in [0, 0.1) is 18.3 Å². The number of anilines is 1. The molecule has 18 heteroatoms. The van der Waals surface area contributed by atoms with Gasteiger partial charge in [-0.2, -0.15) is 4.98 Å². The van der Waals surface area contributed by atoms with Gasteiger partial charge in [-0.25, -0.2) is 9.11 Å². The zero-order valence-electron chi connectivity index (χ0n) is 14.8. The molecule has 1 saturated carbocycles. The van der Waals surface area contributed by atoms with Crippen molar-refractivity contribution in [1.82, 2.24) is 9.55 Å². The maximum Gasteiger partial charge on any atom is 0.349 e. The highest BCUT2D eigenvalue weighted by Crippen LogP contribution is 2.60. The van der Waals surface area contributed by atoms with E-state index in [0.29, 0.717) is 0 Å². The third kappa shape index (κ3) is 6.81. The molecule has 0 aliphatic heterocycles. The maximum absolute atomic E-state index is 12.0. The van der Waals surface area contributed by atoms with Crippen LogP contribution in [0.15, 0.2) is 11.0 Å². The number of aliphatic hydroxyl groups is 1. The summed E-state index contributed by atoms with van der Waals surface area (Å²) in [5.74, 6) is 1.16. The molecule has 15 nitrogen and oxygen atoms in total. The lowest BCUT2D eigenvalue weighted by Gasteiger charge is -2.37. The van der Waals surface area contributed by atoms with E-state index in [1.165, 1.54) is 6.20 Å². The van der Waals surface area contributed by atoms with Gasteiger partial charge in [0.25, 0.3) is 15.6 Å². The molecule has 0 aromatic carbocycles. The van der Waals surface area contributed by atoms with Crippen molar-refractivity contribution < 1.29 is 51.5 Å². The Labute approximate surface area is 168 Å². The Balaban J connectivity index is 2.05. The summed E-state index contributed by atoms with van der Waals surface area (Å²) in [6.07, 6.45) is 5.31. The van der Waals surface area contributed by atoms with E-state index in [9.17, 15) is 43.2 Å². The number of hydrogen-bond donors (Lipinski definition) is 2. The molecule has 30 heavy (non-hydrogen) atoms. The third-order valence-electron chi connectivity index (χ3n) is 4.01. The topological polar surface area (TPSA) is 252 Å². The second kappa shape index (κ2) is 9.00. The zero-order chi connectivity index (χ0) is 22.9. The standard InChI is InChI=1S/C12H18N3O12P3/c1-2-7-5-15(12(17)14-11(7)13)9-3-8(10(16)4-9)6-25-29(21,22)27-30(23,24)26-28(18,19)20/h1,5,8-10,16H,3-4,6H2,(H,21,22)(H,23,24)(H2,13,14,17)(H2,18,19,20)/p-4/t8-,9-,10-/m1/s1. The van der Waals surface area contributed by atoms with Gasteiger partial charge in [0.1, 0.15) is 5.82 Å². The summed E-state index contributed by atoms with van der Waals surface area (Å²) in [5.41, 5.74) is 4.88. The molecule has 1 aromatic rings. The Kier molecular flexibility index (Phi) is 7.46. The van der Waals surface area contributed by atoms with Crippen LogP contribution in [0.25, 0.3) is 0 Å². The van der Waals surface area contributed by atoms with Crippen LogP contribution >= 0.6 is 23.5 Å². The summed E-state index contributed by atoms with van der Waals surface area (Å²) in [6, 6.07) is -0.658. The Bertz CT molecular complexity index is 1050. The second-order valence-corrected chi connectivity index (χ2v) is 10.4. The first-order valence-corrected chi connectivity index (χ1v) is 12.3. The van der Waals surface area contributed by atoms with Gasteiger partial charge in [0.05, 0.1) is 26.1 Å². The normalized spacial score (nSPS) is 25.9. The van der Waals surface area contributed by atoms with Crippen LogP contribution in [0.5, 0.6) is 0 Å². The average molecular weight is 485 g/mol. The fourth-order valence-electron chi connectivity index (χ4n) is 2.80. The lowest BCUT2D eigenvalue weighted by Crippen LogP contribution is -2.27. The van der Waals surface area contributed by atoms with Gasteiger partial charge < -0.3 is 39.5 Å². The summed E-state index contributed by atoms with van der Waals surface area (Å²) in [7, 11) is -17.9. The van der Waals surface area contributed by atoms with Gasteiger partial charge in [-0.15, -0.1) is 6.42 Å². The number of aromatic nitrogens is 2. The van der Waals surface area contributed by atoms with Gasteiger partial charge in [-0.1, -0.05) is 5.92 Å². The SMILES string of the molecule is C#Cc1cn([C@@H]2C[C@H](COP(=O)([O-])OP(=O)([O-])OP(=O)([O-])[O-])[C@H](O)C2)c(=O)nc1N. The van der Waals surface area contributed by atoms with Crippen molar-refractivity contribution in [2.24, 2.45) is 5.92 Å². The van der Waals surface area contributed by atoms with E-state index in [-0.39, 0.29) is 24.2 Å². The van der Waals surface area contributed by atoms with Crippen LogP contribution in [-0.4, -0.2) is 27.4 Å². The van der Waals surface area contributed by atoms with Gasteiger partial charge in [0.2, 0.25) is 0 Å². The minimum atomic E-state index is -6.10. The van der Waals surface area contributed by atoms with Crippen molar-refractivity contribution in [3.05, 3.63) is 22.2 Å². The lowest BCUT2D eigenvalue weighted by atomic mass is 10.1. The molecule has 1 aromatic heterocycles. The predicted molar refractivity (Wildman–Crippen MR) is 89.6 cm³/mol. The third-order valence-corrected chi connectivity index (χ3v) is 7.67. The number of phosphoric ester groups is 1. The first-order chi connectivity index (χ1) is 13.6. The fraction of sp³-hybridized carbons (Fsp3) is 0.500. The van der Waals surface area contributed by atoms with E-state index in [0.717, 1.165) is 4.57 Å². The van der Waals surface area contributed by atoms with E-state index >= 15 is 0 Å². The Morgan fingerprint density at radius 3 is 2.43 bits per heavy atom. The quantitative estimate of drug-likeness (QED) is 0.274. The smallest absolute Gasteiger partial charge is 0.349 e. The van der Waals surface area contributed by atoms with Crippen molar-refractivity contribution in [2.45, 2.75) is 25.0 Å². The van der Waals surface area contributed by atoms with E-state index in [2.05, 4.69) is 24.0 Å². The monoisotopic (exact) mass is 485 g/mol. The lowest BCUT2D eigenvalue weighted by molar-refractivity contribution is -0.339. The number of hydrogen-bond acceptors (Lipinski definition) is 14. The number of terminal acetylenes is 1. The van der Waals surface area contributed by atoms with Gasteiger partial charge in [-0.3, -0.25) is 18.0 Å². The van der Waals surface area contributed by atoms with Crippen LogP contribution in [0.1, 0.15) is 24.4 Å². The van der Waals surface area contributed by atoms with Gasteiger partial charge in [-0.05, 0) is 12.8 Å². The average Bonchev–Trinajstić information content (AvgIpc) is 2.90. The summed E-state index contributed by atoms with van der Waals surface area (Å²) in [5, 5.41) is 10.1. The second-order valence-electron chi connectivity index (χ2n) is 6.13. The minimum absolute atomic E-state index is 0.00145. The number of phosphoric acid groups is 3. The molecular formula is C12H14N3O12P3-4. The number of aliphatic hydroxyl groups excluding tert-OH is 1. The molecule has 0 bridgehead atoms. The van der Waals surface area contributed by atoms with Crippen molar-refractivity contribution in [3.8, 4) is 12.3 Å². The molecule has 5 atom stereocenters. The largest absolute Gasteiger partial charge is 0.790 e. The Morgan fingerprint density at radius 2 is 1.87 bits per heavy atom. The highest BCUT2D eigenvalue weighted by atomic mass is 31.3. The summed E-state index contributed by atoms with van der Waals surface area (Å²) in [4.78, 5) is 58.8. The number of nitrogens with zero attached hydrogens (tertiary/aromatic N) is 2. The maximum atomic E-state index is 12.0. The molecule has 1 fully saturated rings. The van der Waals surface area contributed by atoms with E-state index in [1.807, 2.05) is 0 Å². The van der Waals surface area contributed by atoms with Crippen molar-refractivity contribution >= 4 is 29.3 Å². The van der Waals surface area contributed by atoms with Crippen LogP contribution < -0.4 is 31.0 Å². The van der Waals surface area contributed by atoms with Crippen molar-refractivity contribution in [3.63, 3.8) is 0 Å². The fourth-order valence-corrected chi connectivity index (χ4v) is 5.71. The Morgan fingerprint density at radius 1 is 1.23 bits per heavy atom. The first-order valence-electron chi connectivity index (χ1n) is 7.87. The molecule has 1 aliphatic carbocycles. The number of nitrogen functional groups attached to an aromatic ring is 1. The summed E-state index contributed by atoms with van der Waals surface area (Å²) >= 11 is 0. The summed E-state index contributed by atoms with van der Waals surface area (Å²) in [6.45, 7) is -0.788. The predicted octanol–water partition coefficient (Wildman–Crippen LogP) is -3.07. The zero-order valence-corrected chi connectivity index (χ0v) is 17.4. The molecule has 1 heterocycles. The molecule has 0 amide bonds. The van der Waals surface area contributed by atoms with Crippen LogP contribution in [0.3, 0.4) is 0 Å². The summed E-state index contributed by atoms with van der Waals surface area (Å²) < 4.78 is 44.9. The molecule has 3 N–H and O–H groups in total. The van der Waals surface area contributed by atoms with Crippen LogP contribution in [0.4, 0.5) is 5.82 Å². The van der Waals surface area contributed by atoms with E-state index in [1.54, 1.807) is 0 Å². The van der Waals surface area contributed by atoms with Gasteiger partial charge >= 0.3 is 5.69 Å². The molecule has 0 radical (unpaired) electrons. The highest BCUT2D eigenvalue weighted by molar-refractivity contribution is 7.64. The Hall–Kier alpha value is -1.39. The number of nitrogens with two attached hydrogens (primary N) is 1. The van der Waals surface area contributed by atoms with Gasteiger partial charge in [0, 0.05) is 18.2 Å². The van der Waals surface area contributed by atoms with Crippen LogP contribution in [-0.2, 0) is 26.8 Å². The first kappa shape index (κ1) is 24.9. The molecule has 2 rings (SSSR count). The molecule has 1 aliphatic rings. The van der Waals surface area contributed by atoms with Gasteiger partial charge in [0.15, 0.2) is 0 Å². The molecule has 0 saturated heterocycles. The molecule has 2 unspecified atom stereocenters. The van der Waals surface area contributed by atoms with Crippen molar-refractivity contribution in [1.29, 1.82) is 0 Å². The number of rotatable bonds is 8. The van der Waals surface area contributed by atoms with E-state index in [4.69, 9.17) is 12.2 Å². The molecular weight excluding hydrogens is 471 g/mol. The minimum Gasteiger partial charge on any atom is -0.790 e. The highest BCUT2D eigenvalue weighted by Gasteiger charge is 2.36. The molecule has 168 valence electrons.